The van der Waals surface area contributed by atoms with Crippen molar-refractivity contribution in [2.75, 3.05) is 18.1 Å². The Morgan fingerprint density at radius 1 is 1.28 bits per heavy atom. The number of hydrogen-bond donors (Lipinski definition) is 0. The summed E-state index contributed by atoms with van der Waals surface area (Å²) in [4.78, 5) is 14.0. The Balaban J connectivity index is 2.18. The molecule has 0 saturated heterocycles. The summed E-state index contributed by atoms with van der Waals surface area (Å²) in [5.74, 6) is 0.0837. The van der Waals surface area contributed by atoms with Crippen LogP contribution in [0.4, 0.5) is 10.1 Å². The lowest BCUT2D eigenvalue weighted by Gasteiger charge is -2.20. The van der Waals surface area contributed by atoms with Crippen LogP contribution in [0.25, 0.3) is 6.08 Å². The van der Waals surface area contributed by atoms with Crippen molar-refractivity contribution in [1.82, 2.24) is 0 Å². The van der Waals surface area contributed by atoms with E-state index in [1.807, 2.05) is 13.0 Å². The van der Waals surface area contributed by atoms with Gasteiger partial charge in [-0.2, -0.15) is 5.26 Å². The lowest BCUT2D eigenvalue weighted by Crippen LogP contribution is -2.30. The van der Waals surface area contributed by atoms with Gasteiger partial charge in [0.2, 0.25) is 0 Å². The molecule has 0 atom stereocenters. The van der Waals surface area contributed by atoms with Gasteiger partial charge < -0.3 is 9.64 Å². The minimum atomic E-state index is -0.359. The van der Waals surface area contributed by atoms with E-state index in [4.69, 9.17) is 10.00 Å². The summed E-state index contributed by atoms with van der Waals surface area (Å²) in [6, 6.07) is 15.1. The minimum Gasteiger partial charge on any atom is -0.494 e. The van der Waals surface area contributed by atoms with Gasteiger partial charge in [-0.1, -0.05) is 12.1 Å². The fraction of sp³-hybridized carbons (Fsp3) is 0.200. The summed E-state index contributed by atoms with van der Waals surface area (Å²) in [6.07, 6.45) is 3.15. The molecule has 2 rings (SSSR count). The van der Waals surface area contributed by atoms with Gasteiger partial charge in [-0.05, 0) is 55.0 Å². The molecule has 128 valence electrons. The Hall–Kier alpha value is -3.13. The van der Waals surface area contributed by atoms with Crippen LogP contribution in [-0.2, 0) is 4.79 Å². The standard InChI is InChI=1S/C20H19FN2O2/c1-2-25-19-10-8-18(9-11-19)23(14-4-13-22)20(24)12-7-16-5-3-6-17(21)15-16/h3,5-12,15H,2,4,14H2,1H3/b12-7+. The fourth-order valence-electron chi connectivity index (χ4n) is 2.29. The van der Waals surface area contributed by atoms with Gasteiger partial charge in [0.25, 0.3) is 5.91 Å². The second kappa shape index (κ2) is 9.24. The summed E-state index contributed by atoms with van der Waals surface area (Å²) in [6.45, 7) is 2.73. The zero-order valence-electron chi connectivity index (χ0n) is 14.0. The van der Waals surface area contributed by atoms with Crippen LogP contribution in [-0.4, -0.2) is 19.1 Å². The number of amides is 1. The molecular weight excluding hydrogens is 319 g/mol. The number of nitrogens with zero attached hydrogens (tertiary/aromatic N) is 2. The van der Waals surface area contributed by atoms with E-state index in [-0.39, 0.29) is 24.7 Å². The van der Waals surface area contributed by atoms with E-state index in [2.05, 4.69) is 0 Å². The monoisotopic (exact) mass is 338 g/mol. The highest BCUT2D eigenvalue weighted by Gasteiger charge is 2.13. The van der Waals surface area contributed by atoms with Crippen LogP contribution in [0, 0.1) is 17.1 Å². The van der Waals surface area contributed by atoms with Gasteiger partial charge in [-0.3, -0.25) is 4.79 Å². The zero-order valence-corrected chi connectivity index (χ0v) is 14.0. The van der Waals surface area contributed by atoms with Crippen LogP contribution in [0.5, 0.6) is 5.75 Å². The predicted molar refractivity (Wildman–Crippen MR) is 95.6 cm³/mol. The Labute approximate surface area is 146 Å². The SMILES string of the molecule is CCOc1ccc(N(CCC#N)C(=O)/C=C/c2cccc(F)c2)cc1. The molecule has 25 heavy (non-hydrogen) atoms. The Morgan fingerprint density at radius 3 is 2.68 bits per heavy atom. The second-order valence-electron chi connectivity index (χ2n) is 5.21. The van der Waals surface area contributed by atoms with E-state index in [1.54, 1.807) is 42.5 Å². The highest BCUT2D eigenvalue weighted by atomic mass is 19.1. The molecule has 0 N–H and O–H groups in total. The topological polar surface area (TPSA) is 53.3 Å². The van der Waals surface area contributed by atoms with E-state index in [9.17, 15) is 9.18 Å². The molecule has 0 bridgehead atoms. The quantitative estimate of drug-likeness (QED) is 0.712. The molecule has 0 heterocycles. The van der Waals surface area contributed by atoms with Crippen LogP contribution in [0.15, 0.2) is 54.6 Å². The number of anilines is 1. The van der Waals surface area contributed by atoms with Gasteiger partial charge in [-0.25, -0.2) is 4.39 Å². The van der Waals surface area contributed by atoms with Crippen LogP contribution in [0.3, 0.4) is 0 Å². The van der Waals surface area contributed by atoms with Crippen molar-refractivity contribution >= 4 is 17.7 Å². The van der Waals surface area contributed by atoms with Crippen LogP contribution in [0.1, 0.15) is 18.9 Å². The molecule has 0 unspecified atom stereocenters. The third-order valence-corrected chi connectivity index (χ3v) is 3.44. The second-order valence-corrected chi connectivity index (χ2v) is 5.21. The van der Waals surface area contributed by atoms with Gasteiger partial charge in [0.05, 0.1) is 19.1 Å². The first-order chi connectivity index (χ1) is 12.1. The van der Waals surface area contributed by atoms with Gasteiger partial charge in [-0.15, -0.1) is 0 Å². The first-order valence-electron chi connectivity index (χ1n) is 7.99. The number of hydrogen-bond acceptors (Lipinski definition) is 3. The van der Waals surface area contributed by atoms with Crippen molar-refractivity contribution in [3.05, 3.63) is 66.0 Å². The summed E-state index contributed by atoms with van der Waals surface area (Å²) < 4.78 is 18.6. The molecule has 4 nitrogen and oxygen atoms in total. The maximum absolute atomic E-state index is 13.2. The fourth-order valence-corrected chi connectivity index (χ4v) is 2.29. The van der Waals surface area contributed by atoms with E-state index >= 15 is 0 Å². The third kappa shape index (κ3) is 5.47. The van der Waals surface area contributed by atoms with E-state index in [0.717, 1.165) is 0 Å². The number of halogens is 1. The van der Waals surface area contributed by atoms with E-state index < -0.39 is 0 Å². The molecule has 0 spiro atoms. The molecule has 0 aliphatic rings. The first-order valence-corrected chi connectivity index (χ1v) is 7.99. The van der Waals surface area contributed by atoms with Gasteiger partial charge in [0.15, 0.2) is 0 Å². The highest BCUT2D eigenvalue weighted by Crippen LogP contribution is 2.20. The molecule has 0 aliphatic heterocycles. The molecule has 0 saturated carbocycles. The zero-order chi connectivity index (χ0) is 18.1. The lowest BCUT2D eigenvalue weighted by atomic mass is 10.2. The van der Waals surface area contributed by atoms with E-state index in [0.29, 0.717) is 23.6 Å². The number of ether oxygens (including phenoxy) is 1. The van der Waals surface area contributed by atoms with Crippen molar-refractivity contribution in [2.24, 2.45) is 0 Å². The molecule has 2 aromatic rings. The normalized spacial score (nSPS) is 10.4. The van der Waals surface area contributed by atoms with Crippen LogP contribution in [0.2, 0.25) is 0 Å². The average molecular weight is 338 g/mol. The number of nitriles is 1. The van der Waals surface area contributed by atoms with E-state index in [1.165, 1.54) is 23.1 Å². The van der Waals surface area contributed by atoms with Crippen molar-refractivity contribution < 1.29 is 13.9 Å². The smallest absolute Gasteiger partial charge is 0.251 e. The van der Waals surface area contributed by atoms with Gasteiger partial charge in [0, 0.05) is 18.3 Å². The first kappa shape index (κ1) is 18.2. The molecular formula is C20H19FN2O2. The maximum Gasteiger partial charge on any atom is 0.251 e. The summed E-state index contributed by atoms with van der Waals surface area (Å²) in [5.41, 5.74) is 1.27. The molecule has 5 heteroatoms. The Morgan fingerprint density at radius 2 is 2.04 bits per heavy atom. The Kier molecular flexibility index (Phi) is 6.73. The summed E-state index contributed by atoms with van der Waals surface area (Å²) in [7, 11) is 0. The third-order valence-electron chi connectivity index (χ3n) is 3.44. The predicted octanol–water partition coefficient (Wildman–Crippen LogP) is 4.18. The van der Waals surface area contributed by atoms with Crippen molar-refractivity contribution in [1.29, 1.82) is 5.26 Å². The summed E-state index contributed by atoms with van der Waals surface area (Å²) >= 11 is 0. The molecule has 0 fully saturated rings. The number of carbonyl (C=O) groups is 1. The van der Waals surface area contributed by atoms with Gasteiger partial charge >= 0.3 is 0 Å². The molecule has 0 radical (unpaired) electrons. The van der Waals surface area contributed by atoms with Crippen molar-refractivity contribution in [2.45, 2.75) is 13.3 Å². The molecule has 2 aromatic carbocycles. The number of rotatable bonds is 7. The van der Waals surface area contributed by atoms with Crippen LogP contribution < -0.4 is 9.64 Å². The summed E-state index contributed by atoms with van der Waals surface area (Å²) in [5, 5.41) is 8.83. The average Bonchev–Trinajstić information content (AvgIpc) is 2.62. The van der Waals surface area contributed by atoms with Crippen molar-refractivity contribution in [3.63, 3.8) is 0 Å². The molecule has 1 amide bonds. The minimum absolute atomic E-state index is 0.215. The lowest BCUT2D eigenvalue weighted by molar-refractivity contribution is -0.114. The van der Waals surface area contributed by atoms with Gasteiger partial charge in [0.1, 0.15) is 11.6 Å². The number of benzene rings is 2. The molecule has 0 aliphatic carbocycles. The molecule has 0 aromatic heterocycles. The van der Waals surface area contributed by atoms with Crippen LogP contribution >= 0.6 is 0 Å². The maximum atomic E-state index is 13.2. The Bertz CT molecular complexity index is 779. The highest BCUT2D eigenvalue weighted by molar-refractivity contribution is 6.03. The number of carbonyl (C=O) groups excluding carboxylic acids is 1. The van der Waals surface area contributed by atoms with Crippen molar-refractivity contribution in [3.8, 4) is 11.8 Å². The largest absolute Gasteiger partial charge is 0.494 e.